The topological polar surface area (TPSA) is 64.6 Å². The van der Waals surface area contributed by atoms with Crippen LogP contribution in [-0.4, -0.2) is 30.9 Å². The fourth-order valence-corrected chi connectivity index (χ4v) is 1.85. The molecule has 0 fully saturated rings. The molecule has 0 radical (unpaired) electrons. The van der Waals surface area contributed by atoms with Crippen LogP contribution in [0.5, 0.6) is 0 Å². The maximum absolute atomic E-state index is 12.1. The molecule has 0 saturated carbocycles. The maximum Gasteiger partial charge on any atom is 0.422 e. The number of rotatable bonds is 7. The third kappa shape index (κ3) is 8.40. The molecule has 0 aliphatic carbocycles. The first-order chi connectivity index (χ1) is 11.2. The van der Waals surface area contributed by atoms with Gasteiger partial charge in [0.2, 0.25) is 0 Å². The number of ether oxygens (including phenoxy) is 2. The summed E-state index contributed by atoms with van der Waals surface area (Å²) in [7, 11) is 0. The summed E-state index contributed by atoms with van der Waals surface area (Å²) in [6.45, 7) is 1.82. The van der Waals surface area contributed by atoms with Gasteiger partial charge in [0.15, 0.2) is 6.61 Å². The molecule has 0 aromatic heterocycles. The van der Waals surface area contributed by atoms with Gasteiger partial charge >= 0.3 is 18.2 Å². The minimum Gasteiger partial charge on any atom is -0.455 e. The minimum atomic E-state index is -4.62. The highest BCUT2D eigenvalue weighted by Crippen LogP contribution is 2.16. The summed E-state index contributed by atoms with van der Waals surface area (Å²) in [6.07, 6.45) is -5.38. The van der Waals surface area contributed by atoms with Gasteiger partial charge in [-0.05, 0) is 17.9 Å². The fourth-order valence-electron chi connectivity index (χ4n) is 1.85. The normalized spacial score (nSPS) is 12.6. The number of carbonyl (C=O) groups excluding carboxylic acids is 2. The van der Waals surface area contributed by atoms with Gasteiger partial charge in [-0.15, -0.1) is 0 Å². The van der Waals surface area contributed by atoms with Crippen molar-refractivity contribution >= 4 is 12.1 Å². The molecule has 0 saturated heterocycles. The van der Waals surface area contributed by atoms with E-state index in [0.717, 1.165) is 5.56 Å². The second-order valence-electron chi connectivity index (χ2n) is 5.61. The zero-order valence-electron chi connectivity index (χ0n) is 13.4. The summed E-state index contributed by atoms with van der Waals surface area (Å²) in [5, 5.41) is 2.25. The third-order valence-electron chi connectivity index (χ3n) is 2.87. The van der Waals surface area contributed by atoms with Gasteiger partial charge in [-0.3, -0.25) is 0 Å². The first kappa shape index (κ1) is 19.8. The molecule has 5 nitrogen and oxygen atoms in total. The van der Waals surface area contributed by atoms with Gasteiger partial charge in [0.25, 0.3) is 0 Å². The van der Waals surface area contributed by atoms with E-state index < -0.39 is 30.9 Å². The molecule has 1 rings (SSSR count). The predicted molar refractivity (Wildman–Crippen MR) is 80.0 cm³/mol. The van der Waals surface area contributed by atoms with E-state index in [1.807, 2.05) is 0 Å². The molecule has 0 spiro atoms. The number of carbonyl (C=O) groups is 2. The van der Waals surface area contributed by atoms with Crippen molar-refractivity contribution in [2.24, 2.45) is 5.92 Å². The highest BCUT2D eigenvalue weighted by atomic mass is 19.4. The van der Waals surface area contributed by atoms with E-state index in [1.54, 1.807) is 44.2 Å². The lowest BCUT2D eigenvalue weighted by molar-refractivity contribution is -0.187. The number of nitrogens with one attached hydrogen (secondary N) is 1. The average Bonchev–Trinajstić information content (AvgIpc) is 2.50. The number of halogens is 3. The lowest BCUT2D eigenvalue weighted by atomic mass is 10.0. The van der Waals surface area contributed by atoms with Crippen molar-refractivity contribution in [3.63, 3.8) is 0 Å². The Hall–Kier alpha value is -2.25. The van der Waals surface area contributed by atoms with Crippen molar-refractivity contribution in [1.29, 1.82) is 0 Å². The van der Waals surface area contributed by atoms with Crippen LogP contribution in [0.4, 0.5) is 18.0 Å². The van der Waals surface area contributed by atoms with E-state index in [2.05, 4.69) is 10.1 Å². The van der Waals surface area contributed by atoms with Crippen LogP contribution in [0.2, 0.25) is 0 Å². The monoisotopic (exact) mass is 347 g/mol. The first-order valence-corrected chi connectivity index (χ1v) is 7.38. The molecule has 0 aliphatic rings. The summed E-state index contributed by atoms with van der Waals surface area (Å²) in [6, 6.07) is 7.64. The summed E-state index contributed by atoms with van der Waals surface area (Å²) in [5.41, 5.74) is 0.743. The van der Waals surface area contributed by atoms with Crippen LogP contribution in [0, 0.1) is 5.92 Å². The Morgan fingerprint density at radius 2 is 1.75 bits per heavy atom. The highest BCUT2D eigenvalue weighted by molar-refractivity contribution is 5.81. The molecule has 134 valence electrons. The smallest absolute Gasteiger partial charge is 0.422 e. The molecule has 1 aromatic carbocycles. The van der Waals surface area contributed by atoms with E-state index >= 15 is 0 Å². The number of alkyl carbamates (subject to hydrolysis) is 1. The van der Waals surface area contributed by atoms with Crippen LogP contribution >= 0.6 is 0 Å². The van der Waals surface area contributed by atoms with Gasteiger partial charge in [-0.25, -0.2) is 9.59 Å². The van der Waals surface area contributed by atoms with Gasteiger partial charge < -0.3 is 14.8 Å². The van der Waals surface area contributed by atoms with Crippen LogP contribution < -0.4 is 5.32 Å². The summed E-state index contributed by atoms with van der Waals surface area (Å²) < 4.78 is 45.5. The van der Waals surface area contributed by atoms with Gasteiger partial charge in [-0.1, -0.05) is 44.2 Å². The summed E-state index contributed by atoms with van der Waals surface area (Å²) in [5.74, 6) is -1.18. The molecule has 1 N–H and O–H groups in total. The first-order valence-electron chi connectivity index (χ1n) is 7.38. The molecule has 1 aromatic rings. The summed E-state index contributed by atoms with van der Waals surface area (Å²) >= 11 is 0. The number of benzene rings is 1. The van der Waals surface area contributed by atoms with E-state index in [9.17, 15) is 22.8 Å². The van der Waals surface area contributed by atoms with Crippen molar-refractivity contribution in [2.45, 2.75) is 39.1 Å². The molecule has 1 atom stereocenters. The Labute approximate surface area is 138 Å². The maximum atomic E-state index is 12.1. The van der Waals surface area contributed by atoms with Crippen molar-refractivity contribution in [3.05, 3.63) is 35.9 Å². The molecule has 8 heteroatoms. The number of alkyl halides is 3. The Morgan fingerprint density at radius 1 is 1.12 bits per heavy atom. The largest absolute Gasteiger partial charge is 0.455 e. The van der Waals surface area contributed by atoms with E-state index in [-0.39, 0.29) is 18.9 Å². The van der Waals surface area contributed by atoms with Crippen molar-refractivity contribution < 1.29 is 32.2 Å². The minimum absolute atomic E-state index is 0.0152. The Morgan fingerprint density at radius 3 is 2.29 bits per heavy atom. The lowest BCUT2D eigenvalue weighted by Crippen LogP contribution is -2.43. The third-order valence-corrected chi connectivity index (χ3v) is 2.87. The quantitative estimate of drug-likeness (QED) is 0.768. The van der Waals surface area contributed by atoms with Crippen LogP contribution in [0.15, 0.2) is 30.3 Å². The molecule has 0 unspecified atom stereocenters. The van der Waals surface area contributed by atoms with Crippen molar-refractivity contribution in [2.75, 3.05) is 6.61 Å². The van der Waals surface area contributed by atoms with Gasteiger partial charge in [0, 0.05) is 0 Å². The predicted octanol–water partition coefficient (Wildman–Crippen LogP) is 3.43. The molecule has 24 heavy (non-hydrogen) atoms. The van der Waals surface area contributed by atoms with Crippen LogP contribution in [-0.2, 0) is 20.9 Å². The van der Waals surface area contributed by atoms with Crippen molar-refractivity contribution in [1.82, 2.24) is 5.32 Å². The second-order valence-corrected chi connectivity index (χ2v) is 5.61. The van der Waals surface area contributed by atoms with Crippen molar-refractivity contribution in [3.8, 4) is 0 Å². The molecule has 0 aliphatic heterocycles. The number of hydrogen-bond acceptors (Lipinski definition) is 4. The zero-order chi connectivity index (χ0) is 18.2. The Kier molecular flexibility index (Phi) is 7.54. The average molecular weight is 347 g/mol. The van der Waals surface area contributed by atoms with Crippen LogP contribution in [0.3, 0.4) is 0 Å². The Bertz CT molecular complexity index is 532. The van der Waals surface area contributed by atoms with Crippen LogP contribution in [0.25, 0.3) is 0 Å². The molecular formula is C16H20F3NO4. The van der Waals surface area contributed by atoms with Gasteiger partial charge in [0.1, 0.15) is 12.6 Å². The van der Waals surface area contributed by atoms with E-state index in [0.29, 0.717) is 0 Å². The SMILES string of the molecule is CC(C)C[C@@H](NC(=O)OCc1ccccc1)C(=O)OCC(F)(F)F. The van der Waals surface area contributed by atoms with Crippen LogP contribution in [0.1, 0.15) is 25.8 Å². The number of hydrogen-bond donors (Lipinski definition) is 1. The highest BCUT2D eigenvalue weighted by Gasteiger charge is 2.32. The molecule has 0 bridgehead atoms. The lowest BCUT2D eigenvalue weighted by Gasteiger charge is -2.19. The van der Waals surface area contributed by atoms with Gasteiger partial charge in [0.05, 0.1) is 0 Å². The van der Waals surface area contributed by atoms with E-state index in [4.69, 9.17) is 4.74 Å². The molecule has 0 heterocycles. The molecular weight excluding hydrogens is 327 g/mol. The second kappa shape index (κ2) is 9.14. The number of amides is 1. The zero-order valence-corrected chi connectivity index (χ0v) is 13.4. The number of esters is 1. The van der Waals surface area contributed by atoms with E-state index in [1.165, 1.54) is 0 Å². The van der Waals surface area contributed by atoms with Gasteiger partial charge in [-0.2, -0.15) is 13.2 Å². The standard InChI is InChI=1S/C16H20F3NO4/c1-11(2)8-13(14(21)24-10-16(17,18)19)20-15(22)23-9-12-6-4-3-5-7-12/h3-7,11,13H,8-10H2,1-2H3,(H,20,22)/t13-/m1/s1. The fraction of sp³-hybridized carbons (Fsp3) is 0.500. The summed E-state index contributed by atoms with van der Waals surface area (Å²) in [4.78, 5) is 23.5. The molecule has 1 amide bonds. The Balaban J connectivity index is 2.54.